The van der Waals surface area contributed by atoms with Crippen molar-refractivity contribution in [1.82, 2.24) is 0 Å². The van der Waals surface area contributed by atoms with Gasteiger partial charge in [0.15, 0.2) is 0 Å². The fraction of sp³-hybridized carbons (Fsp3) is 0.240. The Morgan fingerprint density at radius 2 is 1.58 bits per heavy atom. The lowest BCUT2D eigenvalue weighted by atomic mass is 10.2. The quantitative estimate of drug-likeness (QED) is 0.458. The van der Waals surface area contributed by atoms with Crippen LogP contribution in [-0.4, -0.2) is 27.0 Å². The second kappa shape index (κ2) is 10.3. The third kappa shape index (κ3) is 5.67. The molecule has 8 heteroatoms. The second-order valence-corrected chi connectivity index (χ2v) is 10.1. The number of benzene rings is 3. The van der Waals surface area contributed by atoms with Crippen molar-refractivity contribution in [3.8, 4) is 5.75 Å². The average molecular weight is 485 g/mol. The van der Waals surface area contributed by atoms with Crippen LogP contribution in [0.1, 0.15) is 25.7 Å². The zero-order valence-corrected chi connectivity index (χ0v) is 19.6. The molecule has 1 aliphatic carbocycles. The summed E-state index contributed by atoms with van der Waals surface area (Å²) in [5.41, 5.74) is 0.786. The zero-order valence-electron chi connectivity index (χ0n) is 18.0. The second-order valence-electron chi connectivity index (χ2n) is 7.87. The molecule has 0 aliphatic heterocycles. The van der Waals surface area contributed by atoms with E-state index in [1.54, 1.807) is 66.7 Å². The Morgan fingerprint density at radius 1 is 0.939 bits per heavy atom. The molecule has 0 saturated heterocycles. The van der Waals surface area contributed by atoms with E-state index in [1.807, 2.05) is 0 Å². The van der Waals surface area contributed by atoms with Gasteiger partial charge in [0.25, 0.3) is 10.0 Å². The molecule has 0 atom stereocenters. The Bertz CT molecular complexity index is 1190. The highest BCUT2D eigenvalue weighted by Crippen LogP contribution is 2.30. The van der Waals surface area contributed by atoms with Gasteiger partial charge in [0, 0.05) is 5.69 Å². The van der Waals surface area contributed by atoms with Crippen molar-refractivity contribution in [2.24, 2.45) is 0 Å². The summed E-state index contributed by atoms with van der Waals surface area (Å²) in [5, 5.41) is 3.00. The van der Waals surface area contributed by atoms with E-state index in [-0.39, 0.29) is 21.7 Å². The van der Waals surface area contributed by atoms with Crippen LogP contribution in [0.4, 0.5) is 11.4 Å². The first kappa shape index (κ1) is 23.1. The number of hydrogen-bond acceptors (Lipinski definition) is 4. The number of carbonyl (C=O) groups is 1. The highest BCUT2D eigenvalue weighted by molar-refractivity contribution is 7.92. The summed E-state index contributed by atoms with van der Waals surface area (Å²) in [7, 11) is -4.02. The van der Waals surface area contributed by atoms with Gasteiger partial charge in [-0.2, -0.15) is 0 Å². The number of ether oxygens (including phenoxy) is 1. The third-order valence-corrected chi connectivity index (χ3v) is 7.58. The molecule has 0 spiro atoms. The molecule has 33 heavy (non-hydrogen) atoms. The summed E-state index contributed by atoms with van der Waals surface area (Å²) in [6.45, 7) is -0.429. The van der Waals surface area contributed by atoms with Gasteiger partial charge in [-0.25, -0.2) is 8.42 Å². The van der Waals surface area contributed by atoms with Crippen LogP contribution in [0.3, 0.4) is 0 Å². The van der Waals surface area contributed by atoms with E-state index in [2.05, 4.69) is 5.32 Å². The highest BCUT2D eigenvalue weighted by Gasteiger charge is 2.28. The number of sulfonamides is 1. The van der Waals surface area contributed by atoms with Crippen molar-refractivity contribution >= 4 is 38.9 Å². The number of anilines is 2. The van der Waals surface area contributed by atoms with Crippen molar-refractivity contribution < 1.29 is 17.9 Å². The fourth-order valence-corrected chi connectivity index (χ4v) is 5.57. The van der Waals surface area contributed by atoms with Crippen molar-refractivity contribution in [3.63, 3.8) is 0 Å². The molecule has 3 aromatic carbocycles. The maximum absolute atomic E-state index is 13.4. The number of para-hydroxylation sites is 1. The molecule has 1 aliphatic rings. The zero-order chi connectivity index (χ0) is 23.3. The van der Waals surface area contributed by atoms with Gasteiger partial charge in [0.05, 0.1) is 21.7 Å². The molecule has 1 fully saturated rings. The summed E-state index contributed by atoms with van der Waals surface area (Å²) < 4.78 is 33.7. The van der Waals surface area contributed by atoms with Crippen LogP contribution in [0.15, 0.2) is 83.8 Å². The minimum atomic E-state index is -4.02. The lowest BCUT2D eigenvalue weighted by molar-refractivity contribution is -0.114. The minimum Gasteiger partial charge on any atom is -0.490 e. The monoisotopic (exact) mass is 484 g/mol. The molecule has 1 saturated carbocycles. The molecule has 1 N–H and O–H groups in total. The van der Waals surface area contributed by atoms with Crippen LogP contribution in [0, 0.1) is 0 Å². The van der Waals surface area contributed by atoms with Gasteiger partial charge in [0.1, 0.15) is 12.3 Å². The lowest BCUT2D eigenvalue weighted by Gasteiger charge is -2.25. The molecule has 4 rings (SSSR count). The van der Waals surface area contributed by atoms with Crippen molar-refractivity contribution in [3.05, 3.63) is 83.9 Å². The standard InChI is InChI=1S/C25H25ClN2O4S/c26-23-12-6-7-13-24(23)28(33(30,31)22-10-2-1-3-11-22)18-25(29)27-19-14-16-21(17-15-19)32-20-8-4-5-9-20/h1-3,6-7,10-17,20H,4-5,8-9,18H2,(H,27,29). The minimum absolute atomic E-state index is 0.0751. The van der Waals surface area contributed by atoms with E-state index < -0.39 is 22.5 Å². The Balaban J connectivity index is 1.51. The normalized spacial score (nSPS) is 14.1. The van der Waals surface area contributed by atoms with Crippen molar-refractivity contribution in [2.75, 3.05) is 16.2 Å². The Kier molecular flexibility index (Phi) is 7.20. The molecular formula is C25H25ClN2O4S. The summed E-state index contributed by atoms with van der Waals surface area (Å²) in [6, 6.07) is 21.6. The fourth-order valence-electron chi connectivity index (χ4n) is 3.82. The van der Waals surface area contributed by atoms with Crippen LogP contribution in [0.25, 0.3) is 0 Å². The van der Waals surface area contributed by atoms with Crippen molar-refractivity contribution in [1.29, 1.82) is 0 Å². The summed E-state index contributed by atoms with van der Waals surface area (Å²) >= 11 is 6.29. The number of hydrogen-bond donors (Lipinski definition) is 1. The van der Waals surface area contributed by atoms with Gasteiger partial charge >= 0.3 is 0 Å². The predicted molar refractivity (Wildman–Crippen MR) is 130 cm³/mol. The molecule has 0 radical (unpaired) electrons. The first-order chi connectivity index (χ1) is 15.9. The predicted octanol–water partition coefficient (Wildman–Crippen LogP) is 5.50. The van der Waals surface area contributed by atoms with Gasteiger partial charge in [-0.1, -0.05) is 41.9 Å². The van der Waals surface area contributed by atoms with Crippen molar-refractivity contribution in [2.45, 2.75) is 36.7 Å². The number of amides is 1. The third-order valence-electron chi connectivity index (χ3n) is 5.48. The maximum Gasteiger partial charge on any atom is 0.264 e. The van der Waals surface area contributed by atoms with E-state index in [1.165, 1.54) is 25.0 Å². The molecule has 6 nitrogen and oxygen atoms in total. The molecule has 3 aromatic rings. The van der Waals surface area contributed by atoms with E-state index in [9.17, 15) is 13.2 Å². The van der Waals surface area contributed by atoms with Gasteiger partial charge in [-0.15, -0.1) is 0 Å². The van der Waals surface area contributed by atoms with E-state index in [0.717, 1.165) is 22.9 Å². The van der Waals surface area contributed by atoms with Gasteiger partial charge in [0.2, 0.25) is 5.91 Å². The van der Waals surface area contributed by atoms with Crippen LogP contribution in [-0.2, 0) is 14.8 Å². The topological polar surface area (TPSA) is 75.7 Å². The van der Waals surface area contributed by atoms with E-state index in [4.69, 9.17) is 16.3 Å². The summed E-state index contributed by atoms with van der Waals surface area (Å²) in [5.74, 6) is 0.267. The molecule has 0 aromatic heterocycles. The Morgan fingerprint density at radius 3 is 2.24 bits per heavy atom. The van der Waals surface area contributed by atoms with Gasteiger partial charge in [-0.3, -0.25) is 9.10 Å². The molecule has 172 valence electrons. The number of nitrogens with one attached hydrogen (secondary N) is 1. The van der Waals surface area contributed by atoms with Crippen LogP contribution in [0.5, 0.6) is 5.75 Å². The SMILES string of the molecule is O=C(CN(c1ccccc1Cl)S(=O)(=O)c1ccccc1)Nc1ccc(OC2CCCC2)cc1. The lowest BCUT2D eigenvalue weighted by Crippen LogP contribution is -2.38. The van der Waals surface area contributed by atoms with Gasteiger partial charge in [-0.05, 0) is 74.2 Å². The molecule has 1 amide bonds. The molecule has 0 bridgehead atoms. The Hall–Kier alpha value is -3.03. The van der Waals surface area contributed by atoms with Gasteiger partial charge < -0.3 is 10.1 Å². The molecular weight excluding hydrogens is 460 g/mol. The number of halogens is 1. The van der Waals surface area contributed by atoms with Crippen LogP contribution in [0.2, 0.25) is 5.02 Å². The number of carbonyl (C=O) groups excluding carboxylic acids is 1. The van der Waals surface area contributed by atoms with E-state index in [0.29, 0.717) is 5.69 Å². The first-order valence-electron chi connectivity index (χ1n) is 10.8. The number of nitrogens with zero attached hydrogens (tertiary/aromatic N) is 1. The number of rotatable bonds is 8. The maximum atomic E-state index is 13.4. The largest absolute Gasteiger partial charge is 0.490 e. The van der Waals surface area contributed by atoms with E-state index >= 15 is 0 Å². The Labute approximate surface area is 199 Å². The summed E-state index contributed by atoms with van der Waals surface area (Å²) in [4.78, 5) is 12.9. The van der Waals surface area contributed by atoms with Crippen LogP contribution < -0.4 is 14.4 Å². The molecule has 0 heterocycles. The van der Waals surface area contributed by atoms with Crippen LogP contribution >= 0.6 is 11.6 Å². The first-order valence-corrected chi connectivity index (χ1v) is 12.6. The molecule has 0 unspecified atom stereocenters. The average Bonchev–Trinajstić information content (AvgIpc) is 3.33. The smallest absolute Gasteiger partial charge is 0.264 e. The highest BCUT2D eigenvalue weighted by atomic mass is 35.5. The summed E-state index contributed by atoms with van der Waals surface area (Å²) in [6.07, 6.45) is 4.75.